The van der Waals surface area contributed by atoms with E-state index >= 15 is 0 Å². The Kier molecular flexibility index (Phi) is 6.60. The van der Waals surface area contributed by atoms with E-state index in [9.17, 15) is 27.6 Å². The minimum atomic E-state index is -4.53. The van der Waals surface area contributed by atoms with Gasteiger partial charge in [0.1, 0.15) is 0 Å². The summed E-state index contributed by atoms with van der Waals surface area (Å²) in [7, 11) is 0. The molecule has 2 aromatic carbocycles. The standard InChI is InChI=1S/C24H24F3N3O4/c25-24(26,27)17-6-1-4-15(12-17)13-30-22(33)18-7-2-8-19(20(18)23(30)34)29-10-3-5-16(14-29)21(32)28-9-11-31/h1-2,4,6-8,12,16,31H,3,5,9-11,13-14H2,(H,28,32)/t16-/m1/s1. The van der Waals surface area contributed by atoms with E-state index in [4.69, 9.17) is 5.11 Å². The van der Waals surface area contributed by atoms with Gasteiger partial charge in [0.25, 0.3) is 11.8 Å². The van der Waals surface area contributed by atoms with Crippen LogP contribution in [0.1, 0.15) is 44.7 Å². The molecule has 1 fully saturated rings. The number of alkyl halides is 3. The van der Waals surface area contributed by atoms with Crippen molar-refractivity contribution >= 4 is 23.4 Å². The molecule has 2 aliphatic heterocycles. The molecule has 0 bridgehead atoms. The average molecular weight is 475 g/mol. The fourth-order valence-electron chi connectivity index (χ4n) is 4.48. The number of hydrogen-bond donors (Lipinski definition) is 2. The van der Waals surface area contributed by atoms with Crippen LogP contribution in [0.25, 0.3) is 0 Å². The minimum absolute atomic E-state index is 0.160. The van der Waals surface area contributed by atoms with E-state index in [2.05, 4.69) is 5.32 Å². The van der Waals surface area contributed by atoms with Crippen LogP contribution in [0.2, 0.25) is 0 Å². The van der Waals surface area contributed by atoms with Crippen LogP contribution in [0, 0.1) is 5.92 Å². The van der Waals surface area contributed by atoms with Crippen molar-refractivity contribution in [2.45, 2.75) is 25.6 Å². The third kappa shape index (κ3) is 4.63. The first kappa shape index (κ1) is 23.7. The molecule has 7 nitrogen and oxygen atoms in total. The molecule has 2 heterocycles. The summed E-state index contributed by atoms with van der Waals surface area (Å²) in [5.74, 6) is -1.64. The summed E-state index contributed by atoms with van der Waals surface area (Å²) in [6.07, 6.45) is -3.16. The number of nitrogens with zero attached hydrogens (tertiary/aromatic N) is 2. The van der Waals surface area contributed by atoms with Gasteiger partial charge in [-0.15, -0.1) is 0 Å². The number of aliphatic hydroxyl groups is 1. The predicted octanol–water partition coefficient (Wildman–Crippen LogP) is 2.83. The molecule has 2 aliphatic rings. The van der Waals surface area contributed by atoms with Crippen molar-refractivity contribution in [3.8, 4) is 0 Å². The molecule has 34 heavy (non-hydrogen) atoms. The second-order valence-corrected chi connectivity index (χ2v) is 8.39. The van der Waals surface area contributed by atoms with E-state index < -0.39 is 23.6 Å². The molecule has 3 amide bonds. The van der Waals surface area contributed by atoms with Crippen LogP contribution in [0.3, 0.4) is 0 Å². The molecule has 10 heteroatoms. The number of imide groups is 1. The molecule has 0 aromatic heterocycles. The van der Waals surface area contributed by atoms with Gasteiger partial charge in [0.15, 0.2) is 0 Å². The zero-order valence-electron chi connectivity index (χ0n) is 18.3. The normalized spacial score (nSPS) is 18.3. The predicted molar refractivity (Wildman–Crippen MR) is 117 cm³/mol. The Morgan fingerprint density at radius 3 is 2.62 bits per heavy atom. The third-order valence-corrected chi connectivity index (χ3v) is 6.12. The fourth-order valence-corrected chi connectivity index (χ4v) is 4.48. The summed E-state index contributed by atoms with van der Waals surface area (Å²) in [5, 5.41) is 11.6. The molecule has 2 N–H and O–H groups in total. The molecule has 0 saturated carbocycles. The van der Waals surface area contributed by atoms with Gasteiger partial charge in [-0.2, -0.15) is 13.2 Å². The lowest BCUT2D eigenvalue weighted by atomic mass is 9.95. The second kappa shape index (κ2) is 9.46. The number of aliphatic hydroxyl groups excluding tert-OH is 1. The Balaban J connectivity index is 1.57. The highest BCUT2D eigenvalue weighted by molar-refractivity contribution is 6.23. The summed E-state index contributed by atoms with van der Waals surface area (Å²) in [6.45, 7) is 0.667. The van der Waals surface area contributed by atoms with Crippen molar-refractivity contribution in [1.29, 1.82) is 0 Å². The van der Waals surface area contributed by atoms with Crippen molar-refractivity contribution in [1.82, 2.24) is 10.2 Å². The van der Waals surface area contributed by atoms with Gasteiger partial charge in [0, 0.05) is 19.6 Å². The van der Waals surface area contributed by atoms with E-state index in [1.165, 1.54) is 18.2 Å². The number of carbonyl (C=O) groups is 3. The van der Waals surface area contributed by atoms with Gasteiger partial charge >= 0.3 is 6.18 Å². The van der Waals surface area contributed by atoms with E-state index in [0.29, 0.717) is 31.6 Å². The maximum absolute atomic E-state index is 13.3. The highest BCUT2D eigenvalue weighted by Gasteiger charge is 2.40. The van der Waals surface area contributed by atoms with E-state index in [1.54, 1.807) is 12.1 Å². The lowest BCUT2D eigenvalue weighted by molar-refractivity contribution is -0.137. The van der Waals surface area contributed by atoms with Crippen molar-refractivity contribution in [2.24, 2.45) is 5.92 Å². The summed E-state index contributed by atoms with van der Waals surface area (Å²) >= 11 is 0. The topological polar surface area (TPSA) is 89.9 Å². The van der Waals surface area contributed by atoms with Crippen molar-refractivity contribution in [2.75, 3.05) is 31.1 Å². The molecule has 1 atom stereocenters. The number of carbonyl (C=O) groups excluding carboxylic acids is 3. The monoisotopic (exact) mass is 475 g/mol. The summed E-state index contributed by atoms with van der Waals surface area (Å²) in [6, 6.07) is 9.46. The molecule has 1 saturated heterocycles. The van der Waals surface area contributed by atoms with Crippen LogP contribution in [-0.2, 0) is 17.5 Å². The zero-order valence-corrected chi connectivity index (χ0v) is 18.3. The third-order valence-electron chi connectivity index (χ3n) is 6.12. The molecule has 2 aromatic rings. The first-order valence-electron chi connectivity index (χ1n) is 11.0. The number of halogens is 3. The van der Waals surface area contributed by atoms with Gasteiger partial charge in [-0.1, -0.05) is 18.2 Å². The Bertz CT molecular complexity index is 1120. The van der Waals surface area contributed by atoms with Gasteiger partial charge in [0.2, 0.25) is 5.91 Å². The first-order valence-corrected chi connectivity index (χ1v) is 11.0. The van der Waals surface area contributed by atoms with Crippen molar-refractivity contribution < 1.29 is 32.7 Å². The van der Waals surface area contributed by atoms with Crippen LogP contribution >= 0.6 is 0 Å². The molecule has 0 unspecified atom stereocenters. The Morgan fingerprint density at radius 1 is 1.12 bits per heavy atom. The number of nitrogens with one attached hydrogen (secondary N) is 1. The van der Waals surface area contributed by atoms with Crippen LogP contribution < -0.4 is 10.2 Å². The van der Waals surface area contributed by atoms with Crippen molar-refractivity contribution in [3.63, 3.8) is 0 Å². The quantitative estimate of drug-likeness (QED) is 0.628. The van der Waals surface area contributed by atoms with E-state index in [1.807, 2.05) is 4.90 Å². The molecule has 0 radical (unpaired) electrons. The number of anilines is 1. The molecule has 4 rings (SSSR count). The molecular formula is C24H24F3N3O4. The smallest absolute Gasteiger partial charge is 0.395 e. The number of hydrogen-bond acceptors (Lipinski definition) is 5. The molecule has 0 aliphatic carbocycles. The van der Waals surface area contributed by atoms with Gasteiger partial charge in [-0.05, 0) is 42.7 Å². The van der Waals surface area contributed by atoms with Gasteiger partial charge in [-0.3, -0.25) is 19.3 Å². The highest BCUT2D eigenvalue weighted by atomic mass is 19.4. The molecule has 0 spiro atoms. The maximum atomic E-state index is 13.3. The Hall–Kier alpha value is -3.40. The van der Waals surface area contributed by atoms with Crippen LogP contribution in [0.15, 0.2) is 42.5 Å². The maximum Gasteiger partial charge on any atom is 0.416 e. The van der Waals surface area contributed by atoms with Crippen LogP contribution in [0.5, 0.6) is 0 Å². The Labute approximate surface area is 194 Å². The van der Waals surface area contributed by atoms with Crippen LogP contribution in [0.4, 0.5) is 18.9 Å². The zero-order chi connectivity index (χ0) is 24.5. The van der Waals surface area contributed by atoms with Crippen LogP contribution in [-0.4, -0.2) is 54.0 Å². The van der Waals surface area contributed by atoms with Gasteiger partial charge < -0.3 is 15.3 Å². The summed E-state index contributed by atoms with van der Waals surface area (Å²) < 4.78 is 39.2. The number of amides is 3. The fraction of sp³-hybridized carbons (Fsp3) is 0.375. The summed E-state index contributed by atoms with van der Waals surface area (Å²) in [5.41, 5.74) is 0.282. The van der Waals surface area contributed by atoms with Gasteiger partial charge in [0.05, 0.1) is 41.4 Å². The average Bonchev–Trinajstić information content (AvgIpc) is 3.07. The minimum Gasteiger partial charge on any atom is -0.395 e. The summed E-state index contributed by atoms with van der Waals surface area (Å²) in [4.78, 5) is 41.5. The molecule has 180 valence electrons. The SMILES string of the molecule is O=C(NCCO)[C@@H]1CCCN(c2cccc3c2C(=O)N(Cc2cccc(C(F)(F)F)c2)C3=O)C1. The Morgan fingerprint density at radius 2 is 1.88 bits per heavy atom. The molecular weight excluding hydrogens is 451 g/mol. The van der Waals surface area contributed by atoms with E-state index in [0.717, 1.165) is 17.0 Å². The first-order chi connectivity index (χ1) is 16.2. The number of rotatable bonds is 6. The lowest BCUT2D eigenvalue weighted by Gasteiger charge is -2.34. The number of benzene rings is 2. The number of piperidine rings is 1. The largest absolute Gasteiger partial charge is 0.416 e. The highest BCUT2D eigenvalue weighted by Crippen LogP contribution is 2.35. The number of fused-ring (bicyclic) bond motifs is 1. The second-order valence-electron chi connectivity index (χ2n) is 8.39. The van der Waals surface area contributed by atoms with Gasteiger partial charge in [-0.25, -0.2) is 0 Å². The lowest BCUT2D eigenvalue weighted by Crippen LogP contribution is -2.44. The van der Waals surface area contributed by atoms with Crippen molar-refractivity contribution in [3.05, 3.63) is 64.7 Å². The van der Waals surface area contributed by atoms with E-state index in [-0.39, 0.29) is 48.2 Å².